The van der Waals surface area contributed by atoms with Gasteiger partial charge < -0.3 is 20.3 Å². The number of nitrogens with one attached hydrogen (secondary N) is 2. The van der Waals surface area contributed by atoms with Gasteiger partial charge in [-0.15, -0.1) is 0 Å². The van der Waals surface area contributed by atoms with Crippen LogP contribution in [0.3, 0.4) is 0 Å². The molecule has 34 heavy (non-hydrogen) atoms. The second kappa shape index (κ2) is 8.86. The minimum absolute atomic E-state index is 0.0290. The average Bonchev–Trinajstić information content (AvgIpc) is 3.34. The summed E-state index contributed by atoms with van der Waals surface area (Å²) in [7, 11) is -2.53. The Morgan fingerprint density at radius 2 is 2.12 bits per heavy atom. The Morgan fingerprint density at radius 1 is 1.35 bits per heavy atom. The Morgan fingerprint density at radius 3 is 2.76 bits per heavy atom. The van der Waals surface area contributed by atoms with Gasteiger partial charge in [-0.3, -0.25) is 0 Å². The molecule has 178 valence electrons. The Bertz CT molecular complexity index is 1320. The van der Waals surface area contributed by atoms with Gasteiger partial charge in [-0.2, -0.15) is 10.4 Å². The first-order chi connectivity index (χ1) is 16.0. The second-order valence-corrected chi connectivity index (χ2v) is 13.0. The van der Waals surface area contributed by atoms with E-state index in [0.717, 1.165) is 16.8 Å². The van der Waals surface area contributed by atoms with Crippen LogP contribution in [-0.2, 0) is 16.5 Å². The van der Waals surface area contributed by atoms with Crippen LogP contribution in [0, 0.1) is 17.2 Å². The van der Waals surface area contributed by atoms with Crippen LogP contribution in [0.2, 0.25) is 0 Å². The smallest absolute Gasteiger partial charge is 0.228 e. The third-order valence-electron chi connectivity index (χ3n) is 5.96. The topological polar surface area (TPSA) is 129 Å². The van der Waals surface area contributed by atoms with Crippen molar-refractivity contribution in [2.75, 3.05) is 37.1 Å². The highest BCUT2D eigenvalue weighted by Crippen LogP contribution is 2.41. The third-order valence-corrected chi connectivity index (χ3v) is 7.28. The molecular weight excluding hydrogens is 449 g/mol. The summed E-state index contributed by atoms with van der Waals surface area (Å²) >= 11 is 0. The van der Waals surface area contributed by atoms with Gasteiger partial charge in [0.25, 0.3) is 0 Å². The Balaban J connectivity index is 1.72. The van der Waals surface area contributed by atoms with E-state index >= 15 is 0 Å². The van der Waals surface area contributed by atoms with Crippen LogP contribution >= 0.6 is 7.14 Å². The van der Waals surface area contributed by atoms with Crippen molar-refractivity contribution in [3.05, 3.63) is 41.6 Å². The van der Waals surface area contributed by atoms with Gasteiger partial charge in [0, 0.05) is 36.3 Å². The number of hydrogen-bond acceptors (Lipinski definition) is 8. The van der Waals surface area contributed by atoms with E-state index < -0.39 is 12.6 Å². The summed E-state index contributed by atoms with van der Waals surface area (Å²) in [6.45, 7) is 10.7. The maximum Gasteiger partial charge on any atom is 0.228 e. The largest absolute Gasteiger partial charge is 0.395 e. The molecule has 1 aromatic carbocycles. The summed E-state index contributed by atoms with van der Waals surface area (Å²) in [5.74, 6) is 1.39. The molecule has 9 nitrogen and oxygen atoms in total. The van der Waals surface area contributed by atoms with Crippen LogP contribution in [0.15, 0.2) is 30.5 Å². The average molecular weight is 480 g/mol. The summed E-state index contributed by atoms with van der Waals surface area (Å²) in [5, 5.41) is 30.7. The second-order valence-electron chi connectivity index (χ2n) is 9.84. The monoisotopic (exact) mass is 479 g/mol. The number of rotatable bonds is 7. The lowest BCUT2D eigenvalue weighted by Crippen LogP contribution is -2.28. The molecule has 1 unspecified atom stereocenters. The van der Waals surface area contributed by atoms with Crippen molar-refractivity contribution < 1.29 is 9.67 Å². The summed E-state index contributed by atoms with van der Waals surface area (Å²) < 4.78 is 14.4. The Kier molecular flexibility index (Phi) is 6.24. The number of hydrogen-bond donors (Lipinski definition) is 3. The maximum atomic E-state index is 12.6. The molecule has 0 amide bonds. The van der Waals surface area contributed by atoms with Gasteiger partial charge in [0.1, 0.15) is 24.5 Å². The SMILES string of the molecule is CC(C)Cn1nc(P(C)(C)=O)cc1Nc1nccc(-c2cc(C#N)c3c(c2)C(C)(CO)CN3)n1. The normalized spacial score (nSPS) is 17.4. The number of anilines is 3. The fourth-order valence-electron chi connectivity index (χ4n) is 4.01. The van der Waals surface area contributed by atoms with E-state index in [0.29, 0.717) is 47.5 Å². The molecule has 0 saturated heterocycles. The molecule has 0 radical (unpaired) electrons. The Labute approximate surface area is 199 Å². The highest BCUT2D eigenvalue weighted by atomic mass is 31.2. The van der Waals surface area contributed by atoms with Crippen molar-refractivity contribution in [2.45, 2.75) is 32.7 Å². The first-order valence-corrected chi connectivity index (χ1v) is 13.8. The number of nitriles is 1. The summed E-state index contributed by atoms with van der Waals surface area (Å²) in [6.07, 6.45) is 1.65. The van der Waals surface area contributed by atoms with Crippen molar-refractivity contribution in [1.29, 1.82) is 5.26 Å². The van der Waals surface area contributed by atoms with Gasteiger partial charge in [-0.05, 0) is 43.0 Å². The molecule has 0 fully saturated rings. The number of aromatic nitrogens is 4. The van der Waals surface area contributed by atoms with Crippen molar-refractivity contribution in [1.82, 2.24) is 19.7 Å². The van der Waals surface area contributed by atoms with Crippen molar-refractivity contribution in [3.8, 4) is 17.3 Å². The highest BCUT2D eigenvalue weighted by Gasteiger charge is 2.36. The van der Waals surface area contributed by atoms with Crippen LogP contribution in [0.25, 0.3) is 11.3 Å². The van der Waals surface area contributed by atoms with Gasteiger partial charge in [0.15, 0.2) is 0 Å². The van der Waals surface area contributed by atoms with Gasteiger partial charge in [0.05, 0.1) is 23.6 Å². The lowest BCUT2D eigenvalue weighted by Gasteiger charge is -2.21. The van der Waals surface area contributed by atoms with E-state index in [-0.39, 0.29) is 6.61 Å². The van der Waals surface area contributed by atoms with E-state index in [2.05, 4.69) is 45.6 Å². The third kappa shape index (κ3) is 4.56. The lowest BCUT2D eigenvalue weighted by molar-refractivity contribution is 0.219. The zero-order valence-electron chi connectivity index (χ0n) is 20.1. The van der Waals surface area contributed by atoms with Gasteiger partial charge in [-0.25, -0.2) is 14.6 Å². The standard InChI is InChI=1S/C24H30N7O2P/c1-15(2)12-31-20(10-21(30-31)34(4,5)33)29-23-26-7-6-19(28-23)16-8-17(11-25)22-18(9-16)24(3,14-32)13-27-22/h6-10,15,27,32H,12-14H2,1-5H3,(H,26,28,29). The predicted molar refractivity (Wildman–Crippen MR) is 135 cm³/mol. The molecule has 0 spiro atoms. The number of nitrogens with zero attached hydrogens (tertiary/aromatic N) is 5. The molecule has 1 aliphatic rings. The van der Waals surface area contributed by atoms with Crippen LogP contribution in [0.1, 0.15) is 31.9 Å². The maximum absolute atomic E-state index is 12.6. The van der Waals surface area contributed by atoms with Gasteiger partial charge in [0.2, 0.25) is 5.95 Å². The first kappa shape index (κ1) is 23.9. The minimum Gasteiger partial charge on any atom is -0.395 e. The number of aliphatic hydroxyl groups excluding tert-OH is 1. The van der Waals surface area contributed by atoms with Gasteiger partial charge in [-0.1, -0.05) is 20.8 Å². The van der Waals surface area contributed by atoms with Crippen molar-refractivity contribution >= 4 is 30.0 Å². The zero-order valence-corrected chi connectivity index (χ0v) is 21.0. The molecule has 0 saturated carbocycles. The molecule has 2 aromatic heterocycles. The molecule has 0 bridgehead atoms. The van der Waals surface area contributed by atoms with E-state index in [4.69, 9.17) is 0 Å². The lowest BCUT2D eigenvalue weighted by atomic mass is 9.83. The molecule has 4 rings (SSSR count). The number of benzene rings is 1. The van der Waals surface area contributed by atoms with E-state index in [1.807, 2.05) is 13.0 Å². The first-order valence-electron chi connectivity index (χ1n) is 11.2. The zero-order chi connectivity index (χ0) is 24.7. The predicted octanol–water partition coefficient (Wildman–Crippen LogP) is 3.53. The van der Waals surface area contributed by atoms with E-state index in [9.17, 15) is 14.9 Å². The summed E-state index contributed by atoms with van der Waals surface area (Å²) in [4.78, 5) is 9.04. The summed E-state index contributed by atoms with van der Waals surface area (Å²) in [5.41, 5.74) is 3.68. The number of aliphatic hydroxyl groups is 1. The molecule has 10 heteroatoms. The van der Waals surface area contributed by atoms with Crippen molar-refractivity contribution in [3.63, 3.8) is 0 Å². The fourth-order valence-corrected chi connectivity index (χ4v) is 4.77. The molecule has 3 N–H and O–H groups in total. The molecule has 1 aliphatic heterocycles. The van der Waals surface area contributed by atoms with E-state index in [1.165, 1.54) is 0 Å². The Hall–Kier alpha value is -3.21. The van der Waals surface area contributed by atoms with Gasteiger partial charge >= 0.3 is 0 Å². The van der Waals surface area contributed by atoms with Crippen LogP contribution in [0.4, 0.5) is 17.5 Å². The highest BCUT2D eigenvalue weighted by molar-refractivity contribution is 7.69. The molecule has 3 heterocycles. The van der Waals surface area contributed by atoms with Crippen molar-refractivity contribution in [2.24, 2.45) is 5.92 Å². The molecule has 0 aliphatic carbocycles. The minimum atomic E-state index is -2.53. The fraction of sp³-hybridized carbons (Fsp3) is 0.417. The number of fused-ring (bicyclic) bond motifs is 1. The quantitative estimate of drug-likeness (QED) is 0.439. The van der Waals surface area contributed by atoms with E-state index in [1.54, 1.807) is 42.4 Å². The van der Waals surface area contributed by atoms with Crippen LogP contribution in [0.5, 0.6) is 0 Å². The molecule has 1 atom stereocenters. The van der Waals surface area contributed by atoms with Crippen LogP contribution in [-0.4, -0.2) is 51.3 Å². The van der Waals surface area contributed by atoms with Crippen LogP contribution < -0.4 is 16.1 Å². The molecular formula is C24H30N7O2P. The summed E-state index contributed by atoms with van der Waals surface area (Å²) in [6, 6.07) is 9.61. The molecule has 3 aromatic rings.